The van der Waals surface area contributed by atoms with Crippen LogP contribution in [0, 0.1) is 5.92 Å². The highest BCUT2D eigenvalue weighted by Gasteiger charge is 2.17. The van der Waals surface area contributed by atoms with Crippen LogP contribution in [-0.2, 0) is 4.79 Å². The van der Waals surface area contributed by atoms with E-state index < -0.39 is 0 Å². The number of hydrogen-bond donors (Lipinski definition) is 3. The second kappa shape index (κ2) is 7.63. The van der Waals surface area contributed by atoms with Crippen LogP contribution < -0.4 is 10.6 Å². The Morgan fingerprint density at radius 1 is 1.62 bits per heavy atom. The Kier molecular flexibility index (Phi) is 6.42. The predicted molar refractivity (Wildman–Crippen MR) is 64.1 cm³/mol. The molecule has 0 saturated carbocycles. The van der Waals surface area contributed by atoms with Gasteiger partial charge in [-0.2, -0.15) is 0 Å². The van der Waals surface area contributed by atoms with E-state index >= 15 is 0 Å². The molecule has 4 heteroatoms. The van der Waals surface area contributed by atoms with Crippen LogP contribution in [0.25, 0.3) is 0 Å². The maximum Gasteiger partial charge on any atom is 0.221 e. The van der Waals surface area contributed by atoms with Gasteiger partial charge in [-0.15, -0.1) is 0 Å². The van der Waals surface area contributed by atoms with Gasteiger partial charge >= 0.3 is 0 Å². The number of aliphatic hydroxyl groups is 1. The molecule has 0 bridgehead atoms. The Morgan fingerprint density at radius 2 is 2.44 bits per heavy atom. The molecule has 0 aromatic rings. The maximum atomic E-state index is 11.3. The van der Waals surface area contributed by atoms with Crippen LogP contribution in [0.3, 0.4) is 0 Å². The summed E-state index contributed by atoms with van der Waals surface area (Å²) in [5, 5.41) is 15.2. The van der Waals surface area contributed by atoms with E-state index in [9.17, 15) is 4.79 Å². The molecule has 4 nitrogen and oxygen atoms in total. The first-order valence-electron chi connectivity index (χ1n) is 6.37. The van der Waals surface area contributed by atoms with Gasteiger partial charge in [0, 0.05) is 25.6 Å². The minimum Gasteiger partial charge on any atom is -0.396 e. The maximum absolute atomic E-state index is 11.3. The highest BCUT2D eigenvalue weighted by atomic mass is 16.3. The second-order valence-electron chi connectivity index (χ2n) is 4.59. The summed E-state index contributed by atoms with van der Waals surface area (Å²) in [6.07, 6.45) is 4.64. The number of hydrogen-bond acceptors (Lipinski definition) is 3. The molecule has 1 heterocycles. The van der Waals surface area contributed by atoms with Gasteiger partial charge < -0.3 is 15.7 Å². The van der Waals surface area contributed by atoms with Gasteiger partial charge in [0.25, 0.3) is 0 Å². The summed E-state index contributed by atoms with van der Waals surface area (Å²) >= 11 is 0. The summed E-state index contributed by atoms with van der Waals surface area (Å²) in [5.74, 6) is 0.682. The highest BCUT2D eigenvalue weighted by Crippen LogP contribution is 2.10. The Hall–Kier alpha value is -0.610. The topological polar surface area (TPSA) is 61.4 Å². The van der Waals surface area contributed by atoms with Crippen LogP contribution in [0.15, 0.2) is 0 Å². The van der Waals surface area contributed by atoms with Gasteiger partial charge in [-0.05, 0) is 31.7 Å². The first-order valence-corrected chi connectivity index (χ1v) is 6.37. The molecule has 0 aromatic heterocycles. The van der Waals surface area contributed by atoms with E-state index in [1.165, 1.54) is 0 Å². The van der Waals surface area contributed by atoms with Crippen molar-refractivity contribution in [3.05, 3.63) is 0 Å². The Bertz CT molecular complexity index is 209. The first-order chi connectivity index (χ1) is 7.76. The number of carbonyl (C=O) groups is 1. The molecule has 1 aliphatic rings. The molecule has 3 N–H and O–H groups in total. The SMILES string of the molecule is CCC(CCO)CNC1CCCNC(=O)C1. The molecule has 2 atom stereocenters. The highest BCUT2D eigenvalue weighted by molar-refractivity contribution is 5.76. The molecule has 1 aliphatic heterocycles. The predicted octanol–water partition coefficient (Wildman–Crippen LogP) is 0.653. The first kappa shape index (κ1) is 13.5. The van der Waals surface area contributed by atoms with E-state index in [1.54, 1.807) is 0 Å². The fourth-order valence-electron chi connectivity index (χ4n) is 2.11. The lowest BCUT2D eigenvalue weighted by atomic mass is 10.0. The van der Waals surface area contributed by atoms with E-state index in [0.717, 1.165) is 38.8 Å². The molecular weight excluding hydrogens is 204 g/mol. The molecule has 94 valence electrons. The third-order valence-electron chi connectivity index (χ3n) is 3.29. The Balaban J connectivity index is 2.26. The van der Waals surface area contributed by atoms with Gasteiger partial charge in [-0.1, -0.05) is 13.3 Å². The monoisotopic (exact) mass is 228 g/mol. The van der Waals surface area contributed by atoms with Crippen molar-refractivity contribution in [2.45, 2.75) is 45.1 Å². The summed E-state index contributed by atoms with van der Waals surface area (Å²) in [7, 11) is 0. The van der Waals surface area contributed by atoms with Crippen LogP contribution in [0.2, 0.25) is 0 Å². The molecule has 2 unspecified atom stereocenters. The van der Waals surface area contributed by atoms with Crippen LogP contribution in [0.4, 0.5) is 0 Å². The molecule has 1 rings (SSSR count). The van der Waals surface area contributed by atoms with E-state index in [4.69, 9.17) is 5.11 Å². The van der Waals surface area contributed by atoms with Crippen LogP contribution >= 0.6 is 0 Å². The van der Waals surface area contributed by atoms with E-state index in [0.29, 0.717) is 18.4 Å². The standard InChI is InChI=1S/C12H24N2O2/c1-2-10(5-7-15)9-14-11-4-3-6-13-12(16)8-11/h10-11,14-15H,2-9H2,1H3,(H,13,16). The Labute approximate surface area is 97.8 Å². The van der Waals surface area contributed by atoms with Crippen molar-refractivity contribution in [3.63, 3.8) is 0 Å². The quantitative estimate of drug-likeness (QED) is 0.625. The molecule has 0 aliphatic carbocycles. The van der Waals surface area contributed by atoms with Gasteiger partial charge in [-0.25, -0.2) is 0 Å². The van der Waals surface area contributed by atoms with Crippen LogP contribution in [0.5, 0.6) is 0 Å². The molecular formula is C12H24N2O2. The van der Waals surface area contributed by atoms with Gasteiger partial charge in [0.2, 0.25) is 5.91 Å². The second-order valence-corrected chi connectivity index (χ2v) is 4.59. The number of rotatable bonds is 6. The zero-order chi connectivity index (χ0) is 11.8. The minimum absolute atomic E-state index is 0.158. The van der Waals surface area contributed by atoms with Crippen molar-refractivity contribution in [1.29, 1.82) is 0 Å². The third kappa shape index (κ3) is 4.94. The summed E-state index contributed by atoms with van der Waals surface area (Å²) in [6, 6.07) is 0.315. The lowest BCUT2D eigenvalue weighted by Gasteiger charge is -2.20. The molecule has 1 saturated heterocycles. The van der Waals surface area contributed by atoms with E-state index in [-0.39, 0.29) is 12.5 Å². The van der Waals surface area contributed by atoms with Crippen molar-refractivity contribution < 1.29 is 9.90 Å². The fourth-order valence-corrected chi connectivity index (χ4v) is 2.11. The van der Waals surface area contributed by atoms with E-state index in [2.05, 4.69) is 17.6 Å². The van der Waals surface area contributed by atoms with Crippen molar-refractivity contribution >= 4 is 5.91 Å². The number of nitrogens with one attached hydrogen (secondary N) is 2. The minimum atomic E-state index is 0.158. The van der Waals surface area contributed by atoms with Crippen molar-refractivity contribution in [1.82, 2.24) is 10.6 Å². The normalized spacial score (nSPS) is 23.6. The number of aliphatic hydroxyl groups excluding tert-OH is 1. The molecule has 1 fully saturated rings. The summed E-state index contributed by atoms with van der Waals surface area (Å²) in [4.78, 5) is 11.3. The summed E-state index contributed by atoms with van der Waals surface area (Å²) in [5.41, 5.74) is 0. The fraction of sp³-hybridized carbons (Fsp3) is 0.917. The van der Waals surface area contributed by atoms with E-state index in [1.807, 2.05) is 0 Å². The largest absolute Gasteiger partial charge is 0.396 e. The summed E-state index contributed by atoms with van der Waals surface area (Å²) in [6.45, 7) is 4.12. The smallest absolute Gasteiger partial charge is 0.221 e. The lowest BCUT2D eigenvalue weighted by Crippen LogP contribution is -2.35. The molecule has 0 spiro atoms. The number of carbonyl (C=O) groups excluding carboxylic acids is 1. The Morgan fingerprint density at radius 3 is 3.12 bits per heavy atom. The zero-order valence-electron chi connectivity index (χ0n) is 10.2. The van der Waals surface area contributed by atoms with Crippen molar-refractivity contribution in [3.8, 4) is 0 Å². The van der Waals surface area contributed by atoms with Gasteiger partial charge in [-0.3, -0.25) is 4.79 Å². The average molecular weight is 228 g/mol. The molecule has 16 heavy (non-hydrogen) atoms. The third-order valence-corrected chi connectivity index (χ3v) is 3.29. The molecule has 0 aromatic carbocycles. The van der Waals surface area contributed by atoms with Gasteiger partial charge in [0.15, 0.2) is 0 Å². The van der Waals surface area contributed by atoms with Crippen LogP contribution in [0.1, 0.15) is 39.0 Å². The van der Waals surface area contributed by atoms with Crippen LogP contribution in [-0.4, -0.2) is 36.8 Å². The van der Waals surface area contributed by atoms with Gasteiger partial charge in [0.05, 0.1) is 0 Å². The van der Waals surface area contributed by atoms with Crippen molar-refractivity contribution in [2.24, 2.45) is 5.92 Å². The number of amides is 1. The molecule has 0 radical (unpaired) electrons. The zero-order valence-corrected chi connectivity index (χ0v) is 10.2. The van der Waals surface area contributed by atoms with Gasteiger partial charge in [0.1, 0.15) is 0 Å². The summed E-state index contributed by atoms with van der Waals surface area (Å²) < 4.78 is 0. The van der Waals surface area contributed by atoms with Crippen molar-refractivity contribution in [2.75, 3.05) is 19.7 Å². The lowest BCUT2D eigenvalue weighted by molar-refractivity contribution is -0.121. The molecule has 1 amide bonds. The average Bonchev–Trinajstić information content (AvgIpc) is 2.49.